The van der Waals surface area contributed by atoms with Gasteiger partial charge < -0.3 is 4.90 Å². The Morgan fingerprint density at radius 1 is 1.20 bits per heavy atom. The molecule has 25 heavy (non-hydrogen) atoms. The largest absolute Gasteiger partial charge is 0.338 e. The molecule has 0 bridgehead atoms. The minimum Gasteiger partial charge on any atom is -0.338 e. The van der Waals surface area contributed by atoms with Crippen molar-refractivity contribution in [2.45, 2.75) is 11.7 Å². The number of carbonyl (C=O) groups is 1. The summed E-state index contributed by atoms with van der Waals surface area (Å²) in [5, 5.41) is 1.16. The van der Waals surface area contributed by atoms with Crippen molar-refractivity contribution in [2.75, 3.05) is 18.8 Å². The van der Waals surface area contributed by atoms with Gasteiger partial charge in [-0.15, -0.1) is 11.3 Å². The zero-order valence-corrected chi connectivity index (χ0v) is 15.9. The molecule has 2 aromatic carbocycles. The first kappa shape index (κ1) is 16.9. The van der Waals surface area contributed by atoms with Crippen LogP contribution in [0.25, 0.3) is 10.2 Å². The molecule has 0 saturated carbocycles. The van der Waals surface area contributed by atoms with Crippen molar-refractivity contribution < 1.29 is 4.79 Å². The minimum atomic E-state index is 0.107. The quantitative estimate of drug-likeness (QED) is 0.599. The van der Waals surface area contributed by atoms with E-state index in [1.807, 2.05) is 58.6 Å². The lowest BCUT2D eigenvalue weighted by Crippen LogP contribution is -2.32. The average molecular weight is 389 g/mol. The van der Waals surface area contributed by atoms with E-state index in [0.29, 0.717) is 5.25 Å². The maximum atomic E-state index is 12.9. The number of hydrogen-bond donors (Lipinski definition) is 0. The first-order valence-electron chi connectivity index (χ1n) is 8.21. The molecule has 0 unspecified atom stereocenters. The lowest BCUT2D eigenvalue weighted by atomic mass is 10.1. The molecule has 0 spiro atoms. The highest BCUT2D eigenvalue weighted by Gasteiger charge is 2.24. The van der Waals surface area contributed by atoms with E-state index in [-0.39, 0.29) is 5.91 Å². The summed E-state index contributed by atoms with van der Waals surface area (Å²) in [4.78, 5) is 19.1. The van der Waals surface area contributed by atoms with Crippen molar-refractivity contribution in [2.24, 2.45) is 0 Å². The van der Waals surface area contributed by atoms with Gasteiger partial charge in [-0.1, -0.05) is 29.8 Å². The Morgan fingerprint density at radius 2 is 2.08 bits per heavy atom. The predicted molar refractivity (Wildman–Crippen MR) is 107 cm³/mol. The predicted octanol–water partition coefficient (Wildman–Crippen LogP) is 5.27. The number of hydrogen-bond acceptors (Lipinski definition) is 4. The third-order valence-corrected chi connectivity index (χ3v) is 6.91. The highest BCUT2D eigenvalue weighted by Crippen LogP contribution is 2.38. The highest BCUT2D eigenvalue weighted by molar-refractivity contribution is 7.99. The molecular formula is C19H17ClN2OS2. The Hall–Kier alpha value is -1.56. The van der Waals surface area contributed by atoms with Gasteiger partial charge in [0.15, 0.2) is 0 Å². The molecule has 1 aliphatic rings. The number of amides is 1. The van der Waals surface area contributed by atoms with Gasteiger partial charge in [0, 0.05) is 34.7 Å². The van der Waals surface area contributed by atoms with Crippen LogP contribution in [0.4, 0.5) is 0 Å². The van der Waals surface area contributed by atoms with Gasteiger partial charge in [0.1, 0.15) is 0 Å². The van der Waals surface area contributed by atoms with E-state index in [4.69, 9.17) is 11.6 Å². The number of thioether (sulfide) groups is 1. The SMILES string of the molecule is O=C(c1ccc2ncsc2c1)N1CCS[C@@H](c2ccccc2Cl)CC1. The summed E-state index contributed by atoms with van der Waals surface area (Å²) in [6.07, 6.45) is 0.920. The lowest BCUT2D eigenvalue weighted by Gasteiger charge is -2.20. The summed E-state index contributed by atoms with van der Waals surface area (Å²) < 4.78 is 1.06. The lowest BCUT2D eigenvalue weighted by molar-refractivity contribution is 0.0767. The first-order chi connectivity index (χ1) is 12.2. The van der Waals surface area contributed by atoms with E-state index in [0.717, 1.165) is 46.1 Å². The van der Waals surface area contributed by atoms with E-state index in [9.17, 15) is 4.79 Å². The molecule has 3 nitrogen and oxygen atoms in total. The van der Waals surface area contributed by atoms with Gasteiger partial charge in [-0.25, -0.2) is 4.98 Å². The molecule has 0 radical (unpaired) electrons. The Bertz CT molecular complexity index is 911. The standard InChI is InChI=1S/C19H17ClN2OS2/c20-15-4-2-1-3-14(15)17-7-8-22(9-10-24-17)19(23)13-5-6-16-18(11-13)25-12-21-16/h1-6,11-12,17H,7-10H2/t17-/m1/s1. The number of aromatic nitrogens is 1. The average Bonchev–Trinajstić information content (AvgIpc) is 2.97. The molecule has 1 aromatic heterocycles. The van der Waals surface area contributed by atoms with Crippen LogP contribution in [0.3, 0.4) is 0 Å². The van der Waals surface area contributed by atoms with Gasteiger partial charge in [0.05, 0.1) is 15.7 Å². The molecule has 4 rings (SSSR count). The molecule has 1 aliphatic heterocycles. The Balaban J connectivity index is 1.50. The molecule has 6 heteroatoms. The van der Waals surface area contributed by atoms with E-state index in [1.165, 1.54) is 5.56 Å². The van der Waals surface area contributed by atoms with Crippen LogP contribution >= 0.6 is 34.7 Å². The van der Waals surface area contributed by atoms with Gasteiger partial charge in [-0.05, 0) is 36.2 Å². The third kappa shape index (κ3) is 3.54. The van der Waals surface area contributed by atoms with Crippen molar-refractivity contribution in [1.82, 2.24) is 9.88 Å². The molecule has 1 fully saturated rings. The Labute approximate surface area is 160 Å². The molecular weight excluding hydrogens is 372 g/mol. The molecule has 0 N–H and O–H groups in total. The second-order valence-corrected chi connectivity index (χ2v) is 8.60. The monoisotopic (exact) mass is 388 g/mol. The van der Waals surface area contributed by atoms with Crippen LogP contribution in [0.5, 0.6) is 0 Å². The fourth-order valence-electron chi connectivity index (χ4n) is 3.13. The summed E-state index contributed by atoms with van der Waals surface area (Å²) in [5.74, 6) is 1.03. The molecule has 1 amide bonds. The van der Waals surface area contributed by atoms with Crippen molar-refractivity contribution >= 4 is 50.8 Å². The Kier molecular flexibility index (Phi) is 4.97. The number of carbonyl (C=O) groups excluding carboxylic acids is 1. The fraction of sp³-hybridized carbons (Fsp3) is 0.263. The van der Waals surface area contributed by atoms with E-state index >= 15 is 0 Å². The molecule has 1 saturated heterocycles. The number of nitrogens with zero attached hydrogens (tertiary/aromatic N) is 2. The van der Waals surface area contributed by atoms with Gasteiger partial charge in [0.25, 0.3) is 5.91 Å². The smallest absolute Gasteiger partial charge is 0.253 e. The first-order valence-corrected chi connectivity index (χ1v) is 10.5. The summed E-state index contributed by atoms with van der Waals surface area (Å²) in [7, 11) is 0. The zero-order chi connectivity index (χ0) is 17.2. The number of thiazole rings is 1. The number of halogens is 1. The highest BCUT2D eigenvalue weighted by atomic mass is 35.5. The van der Waals surface area contributed by atoms with Gasteiger partial charge in [0.2, 0.25) is 0 Å². The van der Waals surface area contributed by atoms with E-state index in [2.05, 4.69) is 11.1 Å². The van der Waals surface area contributed by atoms with E-state index in [1.54, 1.807) is 11.3 Å². The second-order valence-electron chi connectivity index (χ2n) is 6.00. The summed E-state index contributed by atoms with van der Waals surface area (Å²) in [6.45, 7) is 1.52. The van der Waals surface area contributed by atoms with Crippen LogP contribution in [0, 0.1) is 0 Å². The molecule has 128 valence electrons. The summed E-state index contributed by atoms with van der Waals surface area (Å²) in [6, 6.07) is 13.8. The number of fused-ring (bicyclic) bond motifs is 1. The topological polar surface area (TPSA) is 33.2 Å². The zero-order valence-electron chi connectivity index (χ0n) is 13.5. The van der Waals surface area contributed by atoms with Gasteiger partial charge >= 0.3 is 0 Å². The minimum absolute atomic E-state index is 0.107. The number of rotatable bonds is 2. The molecule has 0 aliphatic carbocycles. The second kappa shape index (κ2) is 7.36. The van der Waals surface area contributed by atoms with Crippen LogP contribution in [-0.2, 0) is 0 Å². The van der Waals surface area contributed by atoms with Crippen molar-refractivity contribution in [3.8, 4) is 0 Å². The Morgan fingerprint density at radius 3 is 2.96 bits per heavy atom. The van der Waals surface area contributed by atoms with Crippen LogP contribution in [0.1, 0.15) is 27.6 Å². The summed E-state index contributed by atoms with van der Waals surface area (Å²) in [5.41, 5.74) is 4.69. The van der Waals surface area contributed by atoms with Crippen LogP contribution in [0.15, 0.2) is 48.0 Å². The van der Waals surface area contributed by atoms with E-state index < -0.39 is 0 Å². The van der Waals surface area contributed by atoms with Gasteiger partial charge in [-0.2, -0.15) is 11.8 Å². The molecule has 3 aromatic rings. The third-order valence-electron chi connectivity index (χ3n) is 4.46. The fourth-order valence-corrected chi connectivity index (χ4v) is 5.44. The van der Waals surface area contributed by atoms with Crippen molar-refractivity contribution in [1.29, 1.82) is 0 Å². The van der Waals surface area contributed by atoms with Crippen molar-refractivity contribution in [3.05, 3.63) is 64.1 Å². The van der Waals surface area contributed by atoms with Crippen molar-refractivity contribution in [3.63, 3.8) is 0 Å². The number of benzene rings is 2. The van der Waals surface area contributed by atoms with Crippen LogP contribution in [-0.4, -0.2) is 34.6 Å². The maximum absolute atomic E-state index is 12.9. The molecule has 2 heterocycles. The van der Waals surface area contributed by atoms with Crippen LogP contribution in [0.2, 0.25) is 5.02 Å². The molecule has 1 atom stereocenters. The maximum Gasteiger partial charge on any atom is 0.253 e. The van der Waals surface area contributed by atoms with Crippen LogP contribution < -0.4 is 0 Å². The van der Waals surface area contributed by atoms with Gasteiger partial charge in [-0.3, -0.25) is 4.79 Å². The normalized spacial score (nSPS) is 18.3. The summed E-state index contributed by atoms with van der Waals surface area (Å²) >= 11 is 9.81.